The molecule has 2 aromatic rings. The van der Waals surface area contributed by atoms with Gasteiger partial charge in [-0.2, -0.15) is 13.2 Å². The Kier molecular flexibility index (Phi) is 9.42. The summed E-state index contributed by atoms with van der Waals surface area (Å²) in [6.45, 7) is 1.55. The first-order valence-corrected chi connectivity index (χ1v) is 9.65. The van der Waals surface area contributed by atoms with Crippen molar-refractivity contribution in [3.8, 4) is 11.5 Å². The van der Waals surface area contributed by atoms with Gasteiger partial charge < -0.3 is 25.4 Å². The molecule has 1 heterocycles. The summed E-state index contributed by atoms with van der Waals surface area (Å²) in [4.78, 5) is 16.2. The Labute approximate surface area is 200 Å². The molecule has 174 valence electrons. The molecule has 3 N–H and O–H groups in total. The number of carbonyl (C=O) groups excluding carboxylic acids is 1. The molecule has 2 aromatic carbocycles. The van der Waals surface area contributed by atoms with E-state index in [2.05, 4.69) is 20.9 Å². The number of nitrogens with zero attached hydrogens (tertiary/aromatic N) is 1. The van der Waals surface area contributed by atoms with Crippen LogP contribution in [0.15, 0.2) is 47.5 Å². The Morgan fingerprint density at radius 3 is 2.31 bits per heavy atom. The highest BCUT2D eigenvalue weighted by Crippen LogP contribution is 2.32. The maximum Gasteiger partial charge on any atom is 0.416 e. The van der Waals surface area contributed by atoms with E-state index in [1.54, 1.807) is 7.05 Å². The molecule has 0 unspecified atom stereocenters. The number of guanidine groups is 1. The fraction of sp³-hybridized carbons (Fsp3) is 0.333. The summed E-state index contributed by atoms with van der Waals surface area (Å²) >= 11 is 0. The van der Waals surface area contributed by atoms with Crippen LogP contribution in [0, 0.1) is 0 Å². The van der Waals surface area contributed by atoms with Crippen LogP contribution < -0.4 is 25.4 Å². The number of aliphatic imine (C=N–C) groups is 1. The zero-order valence-electron chi connectivity index (χ0n) is 17.3. The minimum atomic E-state index is -4.43. The molecule has 7 nitrogen and oxygen atoms in total. The van der Waals surface area contributed by atoms with Crippen molar-refractivity contribution in [3.63, 3.8) is 0 Å². The van der Waals surface area contributed by atoms with E-state index < -0.39 is 17.6 Å². The van der Waals surface area contributed by atoms with E-state index in [4.69, 9.17) is 9.47 Å². The predicted octanol–water partition coefficient (Wildman–Crippen LogP) is 3.19. The van der Waals surface area contributed by atoms with Crippen molar-refractivity contribution in [1.29, 1.82) is 0 Å². The summed E-state index contributed by atoms with van der Waals surface area (Å²) in [5, 5.41) is 8.89. The van der Waals surface area contributed by atoms with Gasteiger partial charge in [-0.1, -0.05) is 6.07 Å². The lowest BCUT2D eigenvalue weighted by Crippen LogP contribution is -2.42. The molecule has 0 atom stereocenters. The molecular formula is C21H24F3IN4O3. The SMILES string of the molecule is CN=C(NCCNC(=O)c1ccc(C(F)(F)F)cc1)NCCc1ccc2c(c1)OCO2.I. The van der Waals surface area contributed by atoms with Gasteiger partial charge in [0, 0.05) is 32.2 Å². The largest absolute Gasteiger partial charge is 0.454 e. The van der Waals surface area contributed by atoms with E-state index in [0.29, 0.717) is 19.0 Å². The van der Waals surface area contributed by atoms with Crippen LogP contribution >= 0.6 is 24.0 Å². The van der Waals surface area contributed by atoms with Gasteiger partial charge in [-0.3, -0.25) is 9.79 Å². The van der Waals surface area contributed by atoms with Gasteiger partial charge in [-0.05, 0) is 48.4 Å². The molecule has 0 radical (unpaired) electrons. The van der Waals surface area contributed by atoms with Crippen molar-refractivity contribution in [1.82, 2.24) is 16.0 Å². The second-order valence-corrected chi connectivity index (χ2v) is 6.69. The minimum Gasteiger partial charge on any atom is -0.454 e. The number of fused-ring (bicyclic) bond motifs is 1. The number of ether oxygens (including phenoxy) is 2. The number of hydrogen-bond donors (Lipinski definition) is 3. The first-order valence-electron chi connectivity index (χ1n) is 9.65. The Bertz CT molecular complexity index is 937. The molecule has 1 aliphatic rings. The quantitative estimate of drug-likeness (QED) is 0.208. The standard InChI is InChI=1S/C21H23F3N4O3.HI/c1-25-20(27-9-8-14-2-7-17-18(12-14)31-13-30-17)28-11-10-26-19(29)15-3-5-16(6-4-15)21(22,23)24;/h2-7,12H,8-11,13H2,1H3,(H,26,29)(H2,25,27,28);1H. The van der Waals surface area contributed by atoms with Gasteiger partial charge >= 0.3 is 6.18 Å². The summed E-state index contributed by atoms with van der Waals surface area (Å²) in [6.07, 6.45) is -3.67. The molecule has 0 aliphatic carbocycles. The zero-order valence-corrected chi connectivity index (χ0v) is 19.6. The Morgan fingerprint density at radius 1 is 0.969 bits per heavy atom. The Balaban J connectivity index is 0.00000363. The molecule has 1 amide bonds. The second kappa shape index (κ2) is 11.8. The molecular weight excluding hydrogens is 540 g/mol. The molecule has 0 aromatic heterocycles. The monoisotopic (exact) mass is 564 g/mol. The topological polar surface area (TPSA) is 84.0 Å². The average Bonchev–Trinajstić information content (AvgIpc) is 3.22. The van der Waals surface area contributed by atoms with Crippen LogP contribution in [0.4, 0.5) is 13.2 Å². The van der Waals surface area contributed by atoms with E-state index in [1.165, 1.54) is 0 Å². The van der Waals surface area contributed by atoms with Gasteiger partial charge in [0.25, 0.3) is 5.91 Å². The van der Waals surface area contributed by atoms with Crippen LogP contribution in [-0.2, 0) is 12.6 Å². The summed E-state index contributed by atoms with van der Waals surface area (Å²) < 4.78 is 48.4. The number of benzene rings is 2. The summed E-state index contributed by atoms with van der Waals surface area (Å²) in [6, 6.07) is 9.88. The highest BCUT2D eigenvalue weighted by atomic mass is 127. The predicted molar refractivity (Wildman–Crippen MR) is 125 cm³/mol. The van der Waals surface area contributed by atoms with E-state index in [0.717, 1.165) is 47.7 Å². The second-order valence-electron chi connectivity index (χ2n) is 6.69. The van der Waals surface area contributed by atoms with Crippen molar-refractivity contribution >= 4 is 35.8 Å². The van der Waals surface area contributed by atoms with Gasteiger partial charge in [-0.25, -0.2) is 0 Å². The maximum atomic E-state index is 12.6. The summed E-state index contributed by atoms with van der Waals surface area (Å²) in [5.74, 6) is 1.61. The number of alkyl halides is 3. The average molecular weight is 564 g/mol. The third-order valence-corrected chi connectivity index (χ3v) is 4.54. The molecule has 1 aliphatic heterocycles. The molecule has 0 fully saturated rings. The van der Waals surface area contributed by atoms with Gasteiger partial charge in [0.2, 0.25) is 6.79 Å². The van der Waals surface area contributed by atoms with Gasteiger partial charge in [0.05, 0.1) is 5.56 Å². The zero-order chi connectivity index (χ0) is 22.3. The van der Waals surface area contributed by atoms with Crippen LogP contribution in [0.5, 0.6) is 11.5 Å². The number of carbonyl (C=O) groups is 1. The first kappa shape index (κ1) is 25.6. The van der Waals surface area contributed by atoms with Crippen LogP contribution in [0.3, 0.4) is 0 Å². The van der Waals surface area contributed by atoms with Crippen LogP contribution in [0.25, 0.3) is 0 Å². The summed E-state index contributed by atoms with van der Waals surface area (Å²) in [5.41, 5.74) is 0.469. The molecule has 3 rings (SSSR count). The van der Waals surface area contributed by atoms with Crippen LogP contribution in [0.2, 0.25) is 0 Å². The molecule has 0 bridgehead atoms. The van der Waals surface area contributed by atoms with E-state index >= 15 is 0 Å². The molecule has 0 saturated carbocycles. The smallest absolute Gasteiger partial charge is 0.416 e. The lowest BCUT2D eigenvalue weighted by molar-refractivity contribution is -0.137. The normalized spacial score (nSPS) is 12.7. The lowest BCUT2D eigenvalue weighted by Gasteiger charge is -2.13. The van der Waals surface area contributed by atoms with Gasteiger partial charge in [-0.15, -0.1) is 24.0 Å². The third kappa shape index (κ3) is 7.18. The first-order chi connectivity index (χ1) is 14.9. The highest BCUT2D eigenvalue weighted by molar-refractivity contribution is 14.0. The van der Waals surface area contributed by atoms with Gasteiger partial charge in [0.15, 0.2) is 17.5 Å². The lowest BCUT2D eigenvalue weighted by atomic mass is 10.1. The number of halogens is 4. The van der Waals surface area contributed by atoms with Crippen molar-refractivity contribution < 1.29 is 27.4 Å². The fourth-order valence-corrected chi connectivity index (χ4v) is 2.91. The molecule has 0 saturated heterocycles. The maximum absolute atomic E-state index is 12.6. The molecule has 0 spiro atoms. The van der Waals surface area contributed by atoms with Gasteiger partial charge in [0.1, 0.15) is 0 Å². The van der Waals surface area contributed by atoms with E-state index in [1.807, 2.05) is 18.2 Å². The number of amides is 1. The van der Waals surface area contributed by atoms with Crippen molar-refractivity contribution in [2.75, 3.05) is 33.5 Å². The fourth-order valence-electron chi connectivity index (χ4n) is 2.91. The minimum absolute atomic E-state index is 0. The van der Waals surface area contributed by atoms with Crippen molar-refractivity contribution in [3.05, 3.63) is 59.2 Å². The third-order valence-electron chi connectivity index (χ3n) is 4.54. The number of nitrogens with one attached hydrogen (secondary N) is 3. The highest BCUT2D eigenvalue weighted by Gasteiger charge is 2.30. The number of hydrogen-bond acceptors (Lipinski definition) is 4. The van der Waals surface area contributed by atoms with Crippen molar-refractivity contribution in [2.45, 2.75) is 12.6 Å². The van der Waals surface area contributed by atoms with Crippen LogP contribution in [0.1, 0.15) is 21.5 Å². The van der Waals surface area contributed by atoms with E-state index in [9.17, 15) is 18.0 Å². The van der Waals surface area contributed by atoms with Crippen molar-refractivity contribution in [2.24, 2.45) is 4.99 Å². The molecule has 32 heavy (non-hydrogen) atoms. The Hall–Kier alpha value is -2.70. The number of rotatable bonds is 7. The Morgan fingerprint density at radius 2 is 1.62 bits per heavy atom. The summed E-state index contributed by atoms with van der Waals surface area (Å²) in [7, 11) is 1.64. The molecule has 11 heteroatoms. The van der Waals surface area contributed by atoms with Crippen LogP contribution in [-0.4, -0.2) is 45.3 Å². The van der Waals surface area contributed by atoms with E-state index in [-0.39, 0.29) is 42.9 Å².